The number of anilines is 1. The first-order valence-electron chi connectivity index (χ1n) is 6.63. The second kappa shape index (κ2) is 4.96. The number of benzene rings is 1. The maximum atomic E-state index is 11.8. The summed E-state index contributed by atoms with van der Waals surface area (Å²) in [6.07, 6.45) is 4.13. The Kier molecular flexibility index (Phi) is 3.14. The molecule has 6 heteroatoms. The Balaban J connectivity index is 2.20. The van der Waals surface area contributed by atoms with Crippen LogP contribution in [0.3, 0.4) is 0 Å². The summed E-state index contributed by atoms with van der Waals surface area (Å²) in [7, 11) is 0. The number of hydrogen-bond acceptors (Lipinski definition) is 5. The van der Waals surface area contributed by atoms with Gasteiger partial charge in [-0.05, 0) is 25.0 Å². The highest BCUT2D eigenvalue weighted by molar-refractivity contribution is 5.94. The third-order valence-electron chi connectivity index (χ3n) is 3.68. The monoisotopic (exact) mass is 274 g/mol. The highest BCUT2D eigenvalue weighted by Crippen LogP contribution is 2.32. The Bertz CT molecular complexity index is 717. The molecule has 1 saturated carbocycles. The van der Waals surface area contributed by atoms with Gasteiger partial charge in [0.1, 0.15) is 11.3 Å². The van der Waals surface area contributed by atoms with Gasteiger partial charge in [0.05, 0.1) is 4.92 Å². The van der Waals surface area contributed by atoms with Gasteiger partial charge < -0.3 is 9.73 Å². The maximum absolute atomic E-state index is 11.8. The molecule has 1 aliphatic carbocycles. The Morgan fingerprint density at radius 1 is 1.25 bits per heavy atom. The van der Waals surface area contributed by atoms with Gasteiger partial charge in [-0.1, -0.05) is 25.0 Å². The van der Waals surface area contributed by atoms with E-state index in [1.165, 1.54) is 0 Å². The van der Waals surface area contributed by atoms with E-state index in [4.69, 9.17) is 4.42 Å². The van der Waals surface area contributed by atoms with Crippen molar-refractivity contribution in [3.05, 3.63) is 44.8 Å². The van der Waals surface area contributed by atoms with Crippen LogP contribution in [0, 0.1) is 10.1 Å². The van der Waals surface area contributed by atoms with E-state index in [-0.39, 0.29) is 11.7 Å². The average Bonchev–Trinajstić information content (AvgIpc) is 2.91. The van der Waals surface area contributed by atoms with Crippen LogP contribution in [-0.4, -0.2) is 11.0 Å². The molecule has 1 aromatic heterocycles. The van der Waals surface area contributed by atoms with Crippen LogP contribution in [0.15, 0.2) is 33.5 Å². The van der Waals surface area contributed by atoms with Crippen molar-refractivity contribution in [1.82, 2.24) is 0 Å². The predicted molar refractivity (Wildman–Crippen MR) is 75.0 cm³/mol. The predicted octanol–water partition coefficient (Wildman–Crippen LogP) is 3.06. The number of nitrogens with zero attached hydrogens (tertiary/aromatic N) is 1. The minimum Gasteiger partial charge on any atom is -0.418 e. The lowest BCUT2D eigenvalue weighted by molar-refractivity contribution is -0.386. The van der Waals surface area contributed by atoms with Crippen molar-refractivity contribution in [1.29, 1.82) is 0 Å². The highest BCUT2D eigenvalue weighted by Gasteiger charge is 2.27. The van der Waals surface area contributed by atoms with Gasteiger partial charge in [0.2, 0.25) is 0 Å². The fraction of sp³-hybridized carbons (Fsp3) is 0.357. The number of rotatable bonds is 3. The zero-order chi connectivity index (χ0) is 14.1. The number of para-hydroxylation sites is 1. The molecule has 0 radical (unpaired) electrons. The van der Waals surface area contributed by atoms with Crippen molar-refractivity contribution in [2.24, 2.45) is 0 Å². The molecule has 1 aliphatic rings. The fourth-order valence-corrected chi connectivity index (χ4v) is 2.73. The second-order valence-electron chi connectivity index (χ2n) is 4.99. The lowest BCUT2D eigenvalue weighted by atomic mass is 10.1. The Morgan fingerprint density at radius 2 is 1.95 bits per heavy atom. The second-order valence-corrected chi connectivity index (χ2v) is 4.99. The van der Waals surface area contributed by atoms with Crippen LogP contribution in [0.4, 0.5) is 11.4 Å². The standard InChI is InChI=1S/C14H14N2O4/c17-14-13(16(18)19)12(15-9-5-1-2-6-9)10-7-3-4-8-11(10)20-14/h3-4,7-9,15H,1-2,5-6H2. The molecule has 6 nitrogen and oxygen atoms in total. The van der Waals surface area contributed by atoms with Crippen molar-refractivity contribution in [3.63, 3.8) is 0 Å². The van der Waals surface area contributed by atoms with Crippen LogP contribution in [0.2, 0.25) is 0 Å². The van der Waals surface area contributed by atoms with Crippen molar-refractivity contribution in [2.45, 2.75) is 31.7 Å². The molecule has 0 bridgehead atoms. The fourth-order valence-electron chi connectivity index (χ4n) is 2.73. The molecule has 0 unspecified atom stereocenters. The van der Waals surface area contributed by atoms with Crippen LogP contribution in [-0.2, 0) is 0 Å². The number of nitro groups is 1. The molecule has 1 heterocycles. The Labute approximate surface area is 114 Å². The van der Waals surface area contributed by atoms with Crippen LogP contribution < -0.4 is 10.9 Å². The third kappa shape index (κ3) is 2.13. The zero-order valence-corrected chi connectivity index (χ0v) is 10.8. The minimum absolute atomic E-state index is 0.180. The third-order valence-corrected chi connectivity index (χ3v) is 3.68. The molecule has 0 amide bonds. The van der Waals surface area contributed by atoms with Crippen LogP contribution in [0.1, 0.15) is 25.7 Å². The smallest absolute Gasteiger partial charge is 0.417 e. The molecule has 2 aromatic rings. The van der Waals surface area contributed by atoms with Crippen LogP contribution in [0.25, 0.3) is 11.0 Å². The average molecular weight is 274 g/mol. The van der Waals surface area contributed by atoms with Gasteiger partial charge in [-0.15, -0.1) is 0 Å². The van der Waals surface area contributed by atoms with Gasteiger partial charge in [0, 0.05) is 11.4 Å². The quantitative estimate of drug-likeness (QED) is 0.528. The molecular formula is C14H14N2O4. The first-order chi connectivity index (χ1) is 9.66. The summed E-state index contributed by atoms with van der Waals surface area (Å²) in [5.41, 5.74) is -0.762. The van der Waals surface area contributed by atoms with E-state index in [0.29, 0.717) is 11.0 Å². The molecule has 104 valence electrons. The molecule has 0 aliphatic heterocycles. The molecule has 20 heavy (non-hydrogen) atoms. The van der Waals surface area contributed by atoms with Gasteiger partial charge in [0.15, 0.2) is 0 Å². The summed E-state index contributed by atoms with van der Waals surface area (Å²) in [4.78, 5) is 22.3. The van der Waals surface area contributed by atoms with Gasteiger partial charge in [-0.2, -0.15) is 0 Å². The van der Waals surface area contributed by atoms with Gasteiger partial charge in [-0.25, -0.2) is 4.79 Å². The van der Waals surface area contributed by atoms with Crippen LogP contribution in [0.5, 0.6) is 0 Å². The van der Waals surface area contributed by atoms with E-state index in [1.807, 2.05) is 0 Å². The maximum Gasteiger partial charge on any atom is 0.417 e. The lowest BCUT2D eigenvalue weighted by Crippen LogP contribution is -2.19. The summed E-state index contributed by atoms with van der Waals surface area (Å²) in [5.74, 6) is 0. The first kappa shape index (κ1) is 12.7. The highest BCUT2D eigenvalue weighted by atomic mass is 16.6. The van der Waals surface area contributed by atoms with E-state index in [1.54, 1.807) is 24.3 Å². The topological polar surface area (TPSA) is 85.4 Å². The normalized spacial score (nSPS) is 15.6. The van der Waals surface area contributed by atoms with Crippen molar-refractivity contribution in [2.75, 3.05) is 5.32 Å². The summed E-state index contributed by atoms with van der Waals surface area (Å²) in [5, 5.41) is 14.9. The summed E-state index contributed by atoms with van der Waals surface area (Å²) in [6, 6.07) is 7.05. The molecule has 1 fully saturated rings. The summed E-state index contributed by atoms with van der Waals surface area (Å²) >= 11 is 0. The summed E-state index contributed by atoms with van der Waals surface area (Å²) < 4.78 is 5.02. The van der Waals surface area contributed by atoms with Gasteiger partial charge in [0.25, 0.3) is 0 Å². The molecule has 3 rings (SSSR count). The lowest BCUT2D eigenvalue weighted by Gasteiger charge is -2.14. The molecular weight excluding hydrogens is 260 g/mol. The largest absolute Gasteiger partial charge is 0.418 e. The van der Waals surface area contributed by atoms with E-state index in [0.717, 1.165) is 25.7 Å². The number of nitrogens with one attached hydrogen (secondary N) is 1. The Hall–Kier alpha value is -2.37. The number of hydrogen-bond donors (Lipinski definition) is 1. The molecule has 1 N–H and O–H groups in total. The van der Waals surface area contributed by atoms with E-state index in [2.05, 4.69) is 5.32 Å². The Morgan fingerprint density at radius 3 is 2.65 bits per heavy atom. The van der Waals surface area contributed by atoms with Gasteiger partial charge >= 0.3 is 11.3 Å². The zero-order valence-electron chi connectivity index (χ0n) is 10.8. The van der Waals surface area contributed by atoms with Crippen LogP contribution >= 0.6 is 0 Å². The molecule has 0 atom stereocenters. The SMILES string of the molecule is O=c1oc2ccccc2c(NC2CCCC2)c1[N+](=O)[O-]. The van der Waals surface area contributed by atoms with Crippen molar-refractivity contribution >= 4 is 22.3 Å². The minimum atomic E-state index is -0.908. The molecule has 0 spiro atoms. The van der Waals surface area contributed by atoms with Gasteiger partial charge in [-0.3, -0.25) is 10.1 Å². The first-order valence-corrected chi connectivity index (χ1v) is 6.63. The summed E-state index contributed by atoms with van der Waals surface area (Å²) in [6.45, 7) is 0. The van der Waals surface area contributed by atoms with E-state index in [9.17, 15) is 14.9 Å². The van der Waals surface area contributed by atoms with E-state index < -0.39 is 16.2 Å². The van der Waals surface area contributed by atoms with Crippen molar-refractivity contribution in [3.8, 4) is 0 Å². The molecule has 0 saturated heterocycles. The number of fused-ring (bicyclic) bond motifs is 1. The van der Waals surface area contributed by atoms with E-state index >= 15 is 0 Å². The van der Waals surface area contributed by atoms with Crippen molar-refractivity contribution < 1.29 is 9.34 Å². The molecule has 1 aromatic carbocycles.